The van der Waals surface area contributed by atoms with Crippen LogP contribution < -0.4 is 4.74 Å². The van der Waals surface area contributed by atoms with Gasteiger partial charge in [0.2, 0.25) is 0 Å². The summed E-state index contributed by atoms with van der Waals surface area (Å²) >= 11 is 0. The Morgan fingerprint density at radius 1 is 1.22 bits per heavy atom. The van der Waals surface area contributed by atoms with Crippen molar-refractivity contribution >= 4 is 18.1 Å². The molecular formula is C18H16N2O3. The molecule has 0 aliphatic heterocycles. The average Bonchev–Trinajstić information content (AvgIpc) is 2.60. The van der Waals surface area contributed by atoms with Crippen molar-refractivity contribution in [3.63, 3.8) is 0 Å². The number of carbonyl (C=O) groups is 1. The second kappa shape index (κ2) is 7.76. The van der Waals surface area contributed by atoms with Gasteiger partial charge in [-0.05, 0) is 42.8 Å². The highest BCUT2D eigenvalue weighted by Gasteiger charge is 2.14. The van der Waals surface area contributed by atoms with Gasteiger partial charge in [-0.25, -0.2) is 4.79 Å². The van der Waals surface area contributed by atoms with Crippen molar-refractivity contribution in [2.24, 2.45) is 0 Å². The number of esters is 1. The van der Waals surface area contributed by atoms with Gasteiger partial charge in [-0.3, -0.25) is 4.98 Å². The number of carbonyl (C=O) groups excluding carboxylic acids is 1. The maximum absolute atomic E-state index is 11.3. The van der Waals surface area contributed by atoms with E-state index in [1.807, 2.05) is 30.4 Å². The summed E-state index contributed by atoms with van der Waals surface area (Å²) in [7, 11) is 1.33. The van der Waals surface area contributed by atoms with Gasteiger partial charge in [0.1, 0.15) is 11.8 Å². The number of pyridine rings is 1. The molecule has 1 heterocycles. The molecule has 0 saturated carbocycles. The summed E-state index contributed by atoms with van der Waals surface area (Å²) in [6.45, 7) is 1.64. The molecule has 2 rings (SSSR count). The SMILES string of the molecule is COC(=O)[C@@H](C)Oc1ccc(/C=C/c2ccc(C#N)cn2)cc1. The molecule has 5 heteroatoms. The maximum Gasteiger partial charge on any atom is 0.346 e. The van der Waals surface area contributed by atoms with Gasteiger partial charge in [0.25, 0.3) is 0 Å². The van der Waals surface area contributed by atoms with Gasteiger partial charge in [-0.1, -0.05) is 18.2 Å². The van der Waals surface area contributed by atoms with Gasteiger partial charge in [0.05, 0.1) is 18.4 Å². The second-order valence-corrected chi connectivity index (χ2v) is 4.77. The summed E-state index contributed by atoms with van der Waals surface area (Å²) in [6, 6.07) is 12.8. The molecule has 5 nitrogen and oxygen atoms in total. The molecule has 0 unspecified atom stereocenters. The molecule has 0 saturated heterocycles. The smallest absolute Gasteiger partial charge is 0.346 e. The zero-order valence-corrected chi connectivity index (χ0v) is 12.9. The summed E-state index contributed by atoms with van der Waals surface area (Å²) in [4.78, 5) is 15.5. The van der Waals surface area contributed by atoms with E-state index in [4.69, 9.17) is 10.00 Å². The Labute approximate surface area is 134 Å². The van der Waals surface area contributed by atoms with E-state index in [0.29, 0.717) is 11.3 Å². The molecule has 1 aromatic carbocycles. The van der Waals surface area contributed by atoms with Crippen molar-refractivity contribution in [2.45, 2.75) is 13.0 Å². The van der Waals surface area contributed by atoms with Gasteiger partial charge >= 0.3 is 5.97 Å². The lowest BCUT2D eigenvalue weighted by Gasteiger charge is -2.12. The molecule has 0 radical (unpaired) electrons. The lowest BCUT2D eigenvalue weighted by molar-refractivity contribution is -0.147. The van der Waals surface area contributed by atoms with E-state index in [1.165, 1.54) is 13.3 Å². The van der Waals surface area contributed by atoms with Crippen LogP contribution in [0, 0.1) is 11.3 Å². The minimum absolute atomic E-state index is 0.416. The number of methoxy groups -OCH3 is 1. The van der Waals surface area contributed by atoms with Crippen LogP contribution in [0.1, 0.15) is 23.7 Å². The Balaban J connectivity index is 2.00. The van der Waals surface area contributed by atoms with Crippen molar-refractivity contribution < 1.29 is 14.3 Å². The predicted octanol–water partition coefficient (Wildman–Crippen LogP) is 3.06. The van der Waals surface area contributed by atoms with E-state index >= 15 is 0 Å². The summed E-state index contributed by atoms with van der Waals surface area (Å²) < 4.78 is 10.1. The highest BCUT2D eigenvalue weighted by atomic mass is 16.6. The zero-order chi connectivity index (χ0) is 16.7. The number of ether oxygens (including phenoxy) is 2. The lowest BCUT2D eigenvalue weighted by Crippen LogP contribution is -2.24. The van der Waals surface area contributed by atoms with Crippen molar-refractivity contribution in [1.82, 2.24) is 4.98 Å². The van der Waals surface area contributed by atoms with Crippen LogP contribution in [-0.4, -0.2) is 24.2 Å². The third-order valence-corrected chi connectivity index (χ3v) is 3.09. The minimum Gasteiger partial charge on any atom is -0.479 e. The largest absolute Gasteiger partial charge is 0.479 e. The topological polar surface area (TPSA) is 72.2 Å². The fourth-order valence-electron chi connectivity index (χ4n) is 1.83. The lowest BCUT2D eigenvalue weighted by atomic mass is 10.2. The highest BCUT2D eigenvalue weighted by Crippen LogP contribution is 2.16. The number of nitriles is 1. The third kappa shape index (κ3) is 4.68. The Morgan fingerprint density at radius 3 is 2.52 bits per heavy atom. The summed E-state index contributed by atoms with van der Waals surface area (Å²) in [5, 5.41) is 8.73. The quantitative estimate of drug-likeness (QED) is 0.794. The molecule has 0 aliphatic rings. The molecule has 0 N–H and O–H groups in total. The Morgan fingerprint density at radius 2 is 1.96 bits per heavy atom. The van der Waals surface area contributed by atoms with Crippen LogP contribution in [0.25, 0.3) is 12.2 Å². The van der Waals surface area contributed by atoms with E-state index in [-0.39, 0.29) is 0 Å². The summed E-state index contributed by atoms with van der Waals surface area (Å²) in [6.07, 6.45) is 4.64. The third-order valence-electron chi connectivity index (χ3n) is 3.09. The van der Waals surface area contributed by atoms with E-state index in [1.54, 1.807) is 31.2 Å². The predicted molar refractivity (Wildman–Crippen MR) is 86.4 cm³/mol. The first-order valence-electron chi connectivity index (χ1n) is 7.01. The molecule has 0 bridgehead atoms. The molecule has 0 fully saturated rings. The standard InChI is InChI=1S/C18H16N2O3/c1-13(18(21)22-2)23-17-9-5-14(6-10-17)3-7-16-8-4-15(11-19)12-20-16/h3-10,12-13H,1-2H3/b7-3+/t13-/m1/s1. The Kier molecular flexibility index (Phi) is 5.48. The number of nitrogens with zero attached hydrogens (tertiary/aromatic N) is 2. The first-order valence-corrected chi connectivity index (χ1v) is 7.01. The first-order chi connectivity index (χ1) is 11.1. The Bertz CT molecular complexity index is 728. The fraction of sp³-hybridized carbons (Fsp3) is 0.167. The van der Waals surface area contributed by atoms with Crippen LogP contribution in [0.3, 0.4) is 0 Å². The van der Waals surface area contributed by atoms with E-state index in [2.05, 4.69) is 9.72 Å². The van der Waals surface area contributed by atoms with E-state index in [9.17, 15) is 4.79 Å². The first kappa shape index (κ1) is 16.2. The van der Waals surface area contributed by atoms with Crippen molar-refractivity contribution in [3.05, 3.63) is 59.4 Å². The average molecular weight is 308 g/mol. The number of hydrogen-bond donors (Lipinski definition) is 0. The van der Waals surface area contributed by atoms with Crippen LogP contribution in [0.4, 0.5) is 0 Å². The van der Waals surface area contributed by atoms with Crippen molar-refractivity contribution in [1.29, 1.82) is 5.26 Å². The van der Waals surface area contributed by atoms with Crippen LogP contribution in [0.5, 0.6) is 5.75 Å². The molecule has 1 atom stereocenters. The van der Waals surface area contributed by atoms with Crippen molar-refractivity contribution in [2.75, 3.05) is 7.11 Å². The van der Waals surface area contributed by atoms with Crippen LogP contribution in [0.15, 0.2) is 42.6 Å². The monoisotopic (exact) mass is 308 g/mol. The molecule has 2 aromatic rings. The molecule has 0 aliphatic carbocycles. The maximum atomic E-state index is 11.3. The number of rotatable bonds is 5. The van der Waals surface area contributed by atoms with Crippen molar-refractivity contribution in [3.8, 4) is 11.8 Å². The zero-order valence-electron chi connectivity index (χ0n) is 12.9. The van der Waals surface area contributed by atoms with Gasteiger partial charge in [-0.15, -0.1) is 0 Å². The molecular weight excluding hydrogens is 292 g/mol. The van der Waals surface area contributed by atoms with Gasteiger partial charge < -0.3 is 9.47 Å². The van der Waals surface area contributed by atoms with E-state index in [0.717, 1.165) is 11.3 Å². The van der Waals surface area contributed by atoms with Gasteiger partial charge in [0.15, 0.2) is 6.10 Å². The fourth-order valence-corrected chi connectivity index (χ4v) is 1.83. The minimum atomic E-state index is -0.649. The van der Waals surface area contributed by atoms with Gasteiger partial charge in [0, 0.05) is 6.20 Å². The second-order valence-electron chi connectivity index (χ2n) is 4.77. The van der Waals surface area contributed by atoms with Crippen LogP contribution in [-0.2, 0) is 9.53 Å². The molecule has 1 aromatic heterocycles. The van der Waals surface area contributed by atoms with Crippen LogP contribution in [0.2, 0.25) is 0 Å². The van der Waals surface area contributed by atoms with Gasteiger partial charge in [-0.2, -0.15) is 5.26 Å². The highest BCUT2D eigenvalue weighted by molar-refractivity contribution is 5.74. The summed E-state index contributed by atoms with van der Waals surface area (Å²) in [5.41, 5.74) is 2.27. The summed E-state index contributed by atoms with van der Waals surface area (Å²) in [5.74, 6) is 0.178. The molecule has 116 valence electrons. The van der Waals surface area contributed by atoms with Crippen LogP contribution >= 0.6 is 0 Å². The molecule has 0 spiro atoms. The molecule has 0 amide bonds. The normalized spacial score (nSPS) is 11.7. The molecule has 23 heavy (non-hydrogen) atoms. The number of benzene rings is 1. The number of aromatic nitrogens is 1. The Hall–Kier alpha value is -3.13. The van der Waals surface area contributed by atoms with E-state index < -0.39 is 12.1 Å². The number of hydrogen-bond acceptors (Lipinski definition) is 5.